The topological polar surface area (TPSA) is 189 Å². The fraction of sp³-hybridized carbons (Fsp3) is 0.250. The second-order valence-corrected chi connectivity index (χ2v) is 13.0. The summed E-state index contributed by atoms with van der Waals surface area (Å²) in [6, 6.07) is 37.9. The number of rotatable bonds is 8. The van der Waals surface area contributed by atoms with Crippen molar-refractivity contribution in [2.75, 3.05) is 24.7 Å². The fourth-order valence-corrected chi connectivity index (χ4v) is 5.12. The van der Waals surface area contributed by atoms with E-state index in [-0.39, 0.29) is 0 Å². The molecule has 0 aliphatic carbocycles. The summed E-state index contributed by atoms with van der Waals surface area (Å²) in [5.74, 6) is -1.12. The highest BCUT2D eigenvalue weighted by molar-refractivity contribution is 7.86. The van der Waals surface area contributed by atoms with Gasteiger partial charge in [0.15, 0.2) is 0 Å². The van der Waals surface area contributed by atoms with Gasteiger partial charge in [0, 0.05) is 18.6 Å². The maximum atomic E-state index is 10.5. The van der Waals surface area contributed by atoms with E-state index < -0.39 is 43.9 Å². The summed E-state index contributed by atoms with van der Waals surface area (Å²) in [4.78, 5) is 0. The molecule has 4 unspecified atom stereocenters. The third kappa shape index (κ3) is 14.8. The minimum atomic E-state index is -4.12. The highest BCUT2D eigenvalue weighted by Crippen LogP contribution is 2.28. The molecular formula is C32H38N2O8S2. The molecule has 2 aliphatic heterocycles. The van der Waals surface area contributed by atoms with Crippen LogP contribution in [0, 0.1) is 0 Å². The maximum Gasteiger partial charge on any atom is 0.267 e. The lowest BCUT2D eigenvalue weighted by molar-refractivity contribution is 0.199. The zero-order chi connectivity index (χ0) is 32.0. The van der Waals surface area contributed by atoms with E-state index in [4.69, 9.17) is 19.6 Å². The lowest BCUT2D eigenvalue weighted by Crippen LogP contribution is -2.20. The molecule has 2 saturated heterocycles. The smallest absolute Gasteiger partial charge is 0.267 e. The second kappa shape index (κ2) is 17.1. The quantitative estimate of drug-likeness (QED) is 0.137. The molecule has 6 rings (SSSR count). The van der Waals surface area contributed by atoms with Crippen LogP contribution >= 0.6 is 0 Å². The third-order valence-corrected chi connectivity index (χ3v) is 7.80. The fourth-order valence-electron chi connectivity index (χ4n) is 3.88. The molecule has 0 aromatic heterocycles. The minimum Gasteiger partial charge on any atom is -0.387 e. The molecule has 44 heavy (non-hydrogen) atoms. The number of ether oxygens (including phenoxy) is 1. The molecule has 0 bridgehead atoms. The number of nitrogens with one attached hydrogen (secondary N) is 1. The van der Waals surface area contributed by atoms with Crippen LogP contribution in [0.4, 0.5) is 0 Å². The van der Waals surface area contributed by atoms with Gasteiger partial charge in [-0.05, 0) is 22.3 Å². The molecule has 4 atom stereocenters. The lowest BCUT2D eigenvalue weighted by atomic mass is 10.1. The van der Waals surface area contributed by atoms with Crippen molar-refractivity contribution in [2.24, 2.45) is 5.73 Å². The first-order valence-electron chi connectivity index (χ1n) is 13.8. The van der Waals surface area contributed by atoms with E-state index in [1.165, 1.54) is 11.1 Å². The van der Waals surface area contributed by atoms with Gasteiger partial charge in [0.25, 0.3) is 20.2 Å². The van der Waals surface area contributed by atoms with Gasteiger partial charge in [-0.3, -0.25) is 9.11 Å². The van der Waals surface area contributed by atoms with Crippen LogP contribution in [0.5, 0.6) is 0 Å². The predicted molar refractivity (Wildman–Crippen MR) is 170 cm³/mol. The van der Waals surface area contributed by atoms with Gasteiger partial charge in [0.05, 0.1) is 18.5 Å². The summed E-state index contributed by atoms with van der Waals surface area (Å²) in [7, 11) is -8.12. The molecule has 10 nitrogen and oxygen atoms in total. The molecule has 4 aromatic rings. The number of aliphatic hydroxyl groups is 1. The van der Waals surface area contributed by atoms with E-state index in [1.807, 2.05) is 30.3 Å². The summed E-state index contributed by atoms with van der Waals surface area (Å²) in [5, 5.41) is 12.6. The number of aliphatic hydroxyl groups excluding tert-OH is 1. The van der Waals surface area contributed by atoms with Crippen molar-refractivity contribution in [3.63, 3.8) is 0 Å². The molecular weight excluding hydrogens is 604 g/mol. The van der Waals surface area contributed by atoms with E-state index in [9.17, 15) is 21.9 Å². The van der Waals surface area contributed by atoms with Gasteiger partial charge < -0.3 is 20.9 Å². The molecule has 2 fully saturated rings. The number of nitrogens with two attached hydrogens (primary N) is 1. The first kappa shape index (κ1) is 35.0. The van der Waals surface area contributed by atoms with Crippen molar-refractivity contribution in [2.45, 2.75) is 24.3 Å². The first-order chi connectivity index (χ1) is 20.9. The average Bonchev–Trinajstić information content (AvgIpc) is 3.92. The van der Waals surface area contributed by atoms with Gasteiger partial charge in [0.1, 0.15) is 11.9 Å². The van der Waals surface area contributed by atoms with E-state index in [1.54, 1.807) is 54.6 Å². The summed E-state index contributed by atoms with van der Waals surface area (Å²) in [6.07, 6.45) is -0.762. The van der Waals surface area contributed by atoms with E-state index in [2.05, 4.69) is 41.7 Å². The molecule has 4 aromatic carbocycles. The van der Waals surface area contributed by atoms with Crippen LogP contribution in [-0.4, -0.2) is 55.7 Å². The van der Waals surface area contributed by atoms with E-state index in [0.717, 1.165) is 13.2 Å². The van der Waals surface area contributed by atoms with Gasteiger partial charge in [-0.25, -0.2) is 0 Å². The molecule has 236 valence electrons. The molecule has 2 heterocycles. The highest BCUT2D eigenvalue weighted by Gasteiger charge is 2.23. The van der Waals surface area contributed by atoms with Crippen LogP contribution < -0.4 is 11.1 Å². The van der Waals surface area contributed by atoms with E-state index in [0.29, 0.717) is 23.3 Å². The standard InChI is InChI=1S/C8H11NO3S.C8H9N.C8H10O4S.C8H8O/c9-8(6-13(10,11)12)7-4-2-1-3-5-7;1-2-4-7(5-3-1)8-6-9-8;9-8(6-13(10,11)12)7-4-2-1-3-5-7;1-2-4-7(5-3-1)8-6-9-8/h1-5,8H,6,9H2,(H,10,11,12);1-5,8-9H,6H2;1-5,8-9H,6H2,(H,10,11,12);1-5,8H,6H2. The monoisotopic (exact) mass is 642 g/mol. The van der Waals surface area contributed by atoms with Crippen molar-refractivity contribution in [1.29, 1.82) is 0 Å². The molecule has 0 amide bonds. The van der Waals surface area contributed by atoms with E-state index >= 15 is 0 Å². The Morgan fingerprint density at radius 2 is 1.07 bits per heavy atom. The Balaban J connectivity index is 0.000000162. The number of hydrogen-bond donors (Lipinski definition) is 5. The Hall–Kier alpha value is -3.46. The maximum absolute atomic E-state index is 10.5. The number of epoxide rings is 1. The Morgan fingerprint density at radius 3 is 1.45 bits per heavy atom. The summed E-state index contributed by atoms with van der Waals surface area (Å²) >= 11 is 0. The summed E-state index contributed by atoms with van der Waals surface area (Å²) in [5.41, 5.74) is 9.43. The van der Waals surface area contributed by atoms with Crippen LogP contribution in [0.25, 0.3) is 0 Å². The number of hydrogen-bond acceptors (Lipinski definition) is 8. The van der Waals surface area contributed by atoms with Crippen LogP contribution in [0.2, 0.25) is 0 Å². The summed E-state index contributed by atoms with van der Waals surface area (Å²) in [6.45, 7) is 2.06. The second-order valence-electron chi connectivity index (χ2n) is 10.0. The molecule has 2 aliphatic rings. The molecule has 0 radical (unpaired) electrons. The Bertz CT molecular complexity index is 1460. The van der Waals surface area contributed by atoms with Crippen LogP contribution in [0.15, 0.2) is 121 Å². The van der Waals surface area contributed by atoms with Gasteiger partial charge in [0.2, 0.25) is 0 Å². The Kier molecular flexibility index (Phi) is 13.6. The van der Waals surface area contributed by atoms with Crippen molar-refractivity contribution < 1.29 is 35.8 Å². The molecule has 0 saturated carbocycles. The predicted octanol–water partition coefficient (Wildman–Crippen LogP) is 4.27. The molecule has 0 spiro atoms. The van der Waals surface area contributed by atoms with Crippen LogP contribution in [0.3, 0.4) is 0 Å². The lowest BCUT2D eigenvalue weighted by Gasteiger charge is -2.08. The highest BCUT2D eigenvalue weighted by atomic mass is 32.2. The largest absolute Gasteiger partial charge is 0.387 e. The minimum absolute atomic E-state index is 0.409. The third-order valence-electron chi connectivity index (χ3n) is 6.29. The van der Waals surface area contributed by atoms with Crippen molar-refractivity contribution in [1.82, 2.24) is 5.32 Å². The van der Waals surface area contributed by atoms with Gasteiger partial charge in [-0.2, -0.15) is 16.8 Å². The normalized spacial score (nSPS) is 18.0. The molecule has 6 N–H and O–H groups in total. The van der Waals surface area contributed by atoms with Crippen molar-refractivity contribution in [3.05, 3.63) is 144 Å². The van der Waals surface area contributed by atoms with Crippen LogP contribution in [-0.2, 0) is 25.0 Å². The van der Waals surface area contributed by atoms with Crippen LogP contribution in [0.1, 0.15) is 46.5 Å². The zero-order valence-electron chi connectivity index (χ0n) is 24.0. The Morgan fingerprint density at radius 1 is 0.682 bits per heavy atom. The molecule has 12 heteroatoms. The Labute approximate surface area is 259 Å². The van der Waals surface area contributed by atoms with Gasteiger partial charge >= 0.3 is 0 Å². The average molecular weight is 643 g/mol. The van der Waals surface area contributed by atoms with Crippen molar-refractivity contribution in [3.8, 4) is 0 Å². The van der Waals surface area contributed by atoms with Gasteiger partial charge in [-0.1, -0.05) is 121 Å². The van der Waals surface area contributed by atoms with Gasteiger partial charge in [-0.15, -0.1) is 0 Å². The first-order valence-corrected chi connectivity index (χ1v) is 17.0. The number of benzene rings is 4. The summed E-state index contributed by atoms with van der Waals surface area (Å²) < 4.78 is 63.9. The van der Waals surface area contributed by atoms with Crippen molar-refractivity contribution >= 4 is 20.2 Å². The SMILES string of the molecule is NC(CS(=O)(=O)O)c1ccccc1.O=S(=O)(O)CC(O)c1ccccc1.c1ccc(C2CN2)cc1.c1ccc(C2CO2)cc1. The zero-order valence-corrected chi connectivity index (χ0v) is 25.6.